The van der Waals surface area contributed by atoms with Crippen LogP contribution < -0.4 is 16.4 Å². The van der Waals surface area contributed by atoms with Gasteiger partial charge in [0.2, 0.25) is 5.91 Å². The van der Waals surface area contributed by atoms with Gasteiger partial charge >= 0.3 is 5.97 Å². The van der Waals surface area contributed by atoms with Crippen molar-refractivity contribution >= 4 is 28.9 Å². The van der Waals surface area contributed by atoms with E-state index in [4.69, 9.17) is 10.5 Å². The highest BCUT2D eigenvalue weighted by molar-refractivity contribution is 5.95. The van der Waals surface area contributed by atoms with Crippen LogP contribution in [0.4, 0.5) is 17.1 Å². The van der Waals surface area contributed by atoms with Crippen molar-refractivity contribution < 1.29 is 14.3 Å². The van der Waals surface area contributed by atoms with E-state index in [1.54, 1.807) is 19.9 Å². The van der Waals surface area contributed by atoms with Crippen molar-refractivity contribution in [3.63, 3.8) is 0 Å². The number of nitrogens with two attached hydrogens (primary N) is 1. The number of ether oxygens (including phenoxy) is 1. The van der Waals surface area contributed by atoms with Gasteiger partial charge in [0.05, 0.1) is 18.0 Å². The number of hydrogen-bond acceptors (Lipinski definition) is 5. The van der Waals surface area contributed by atoms with Gasteiger partial charge in [-0.2, -0.15) is 0 Å². The monoisotopic (exact) mass is 277 g/mol. The van der Waals surface area contributed by atoms with E-state index in [0.29, 0.717) is 30.8 Å². The highest BCUT2D eigenvalue weighted by Crippen LogP contribution is 2.31. The summed E-state index contributed by atoms with van der Waals surface area (Å²) in [5, 5.41) is 5.83. The Balaban J connectivity index is 2.17. The minimum Gasteiger partial charge on any atom is -0.464 e. The van der Waals surface area contributed by atoms with E-state index in [9.17, 15) is 9.59 Å². The fourth-order valence-electron chi connectivity index (χ4n) is 2.13. The van der Waals surface area contributed by atoms with Crippen LogP contribution in [0.2, 0.25) is 0 Å². The van der Waals surface area contributed by atoms with Crippen LogP contribution in [-0.2, 0) is 20.7 Å². The van der Waals surface area contributed by atoms with Crippen molar-refractivity contribution in [3.8, 4) is 0 Å². The van der Waals surface area contributed by atoms with Crippen molar-refractivity contribution in [3.05, 3.63) is 17.7 Å². The van der Waals surface area contributed by atoms with Gasteiger partial charge in [0.15, 0.2) is 0 Å². The Hall–Kier alpha value is -2.24. The topological polar surface area (TPSA) is 93.4 Å². The normalized spacial score (nSPS) is 15.0. The van der Waals surface area contributed by atoms with Crippen molar-refractivity contribution in [2.45, 2.75) is 32.7 Å². The number of carbonyl (C=O) groups excluding carboxylic acids is 2. The van der Waals surface area contributed by atoms with Crippen LogP contribution in [0.3, 0.4) is 0 Å². The molecule has 0 aliphatic carbocycles. The van der Waals surface area contributed by atoms with Crippen LogP contribution in [0.25, 0.3) is 0 Å². The van der Waals surface area contributed by atoms with E-state index in [1.807, 2.05) is 6.07 Å². The molecular weight excluding hydrogens is 258 g/mol. The molecule has 1 unspecified atom stereocenters. The molecule has 0 radical (unpaired) electrons. The lowest BCUT2D eigenvalue weighted by Crippen LogP contribution is -2.29. The van der Waals surface area contributed by atoms with Gasteiger partial charge in [-0.05, 0) is 38.0 Å². The second-order valence-corrected chi connectivity index (χ2v) is 4.76. The Bertz CT molecular complexity index is 543. The lowest BCUT2D eigenvalue weighted by molar-refractivity contribution is -0.143. The first-order valence-electron chi connectivity index (χ1n) is 6.66. The van der Waals surface area contributed by atoms with E-state index in [0.717, 1.165) is 11.3 Å². The van der Waals surface area contributed by atoms with Crippen LogP contribution in [0.1, 0.15) is 25.8 Å². The molecule has 1 heterocycles. The summed E-state index contributed by atoms with van der Waals surface area (Å²) < 4.78 is 4.94. The maximum Gasteiger partial charge on any atom is 0.328 e. The van der Waals surface area contributed by atoms with E-state index in [2.05, 4.69) is 10.6 Å². The molecule has 6 nitrogen and oxygen atoms in total. The highest BCUT2D eigenvalue weighted by Gasteiger charge is 2.19. The summed E-state index contributed by atoms with van der Waals surface area (Å²) in [6, 6.07) is 3.11. The summed E-state index contributed by atoms with van der Waals surface area (Å²) in [5.41, 5.74) is 8.87. The molecule has 1 aliphatic rings. The second kappa shape index (κ2) is 5.81. The average molecular weight is 277 g/mol. The number of amides is 1. The molecule has 6 heteroatoms. The molecule has 1 atom stereocenters. The van der Waals surface area contributed by atoms with Gasteiger partial charge < -0.3 is 21.1 Å². The van der Waals surface area contributed by atoms with Gasteiger partial charge in [0.1, 0.15) is 6.04 Å². The molecule has 0 bridgehead atoms. The standard InChI is InChI=1S/C14H19N3O3/c1-3-20-14(19)8(2)16-12-6-9-4-5-13(18)17-11(9)7-10(12)15/h6-8,16H,3-5,15H2,1-2H3,(H,17,18). The number of esters is 1. The lowest BCUT2D eigenvalue weighted by atomic mass is 10.0. The maximum atomic E-state index is 11.6. The minimum atomic E-state index is -0.478. The molecule has 0 spiro atoms. The molecule has 2 rings (SSSR count). The second-order valence-electron chi connectivity index (χ2n) is 4.76. The van der Waals surface area contributed by atoms with Crippen LogP contribution in [0.15, 0.2) is 12.1 Å². The molecule has 0 aromatic heterocycles. The highest BCUT2D eigenvalue weighted by atomic mass is 16.5. The predicted molar refractivity (Wildman–Crippen MR) is 77.5 cm³/mol. The summed E-state index contributed by atoms with van der Waals surface area (Å²) in [6.07, 6.45) is 1.13. The zero-order valence-corrected chi connectivity index (χ0v) is 11.7. The SMILES string of the molecule is CCOC(=O)C(C)Nc1cc2c(cc1N)NC(=O)CC2. The first kappa shape index (κ1) is 14.2. The molecule has 1 aromatic carbocycles. The number of rotatable bonds is 4. The van der Waals surface area contributed by atoms with Gasteiger partial charge in [0.25, 0.3) is 0 Å². The number of carbonyl (C=O) groups is 2. The van der Waals surface area contributed by atoms with Gasteiger partial charge in [-0.1, -0.05) is 0 Å². The fraction of sp³-hybridized carbons (Fsp3) is 0.429. The van der Waals surface area contributed by atoms with Gasteiger partial charge in [-0.3, -0.25) is 4.79 Å². The van der Waals surface area contributed by atoms with E-state index in [-0.39, 0.29) is 11.9 Å². The summed E-state index contributed by atoms with van der Waals surface area (Å²) in [7, 11) is 0. The van der Waals surface area contributed by atoms with Crippen molar-refractivity contribution in [1.29, 1.82) is 0 Å². The van der Waals surface area contributed by atoms with E-state index < -0.39 is 6.04 Å². The van der Waals surface area contributed by atoms with Crippen molar-refractivity contribution in [2.24, 2.45) is 0 Å². The maximum absolute atomic E-state index is 11.6. The van der Waals surface area contributed by atoms with Crippen LogP contribution in [0.5, 0.6) is 0 Å². The smallest absolute Gasteiger partial charge is 0.328 e. The third-order valence-corrected chi connectivity index (χ3v) is 3.18. The van der Waals surface area contributed by atoms with Gasteiger partial charge in [-0.25, -0.2) is 4.79 Å². The molecule has 0 saturated heterocycles. The molecule has 1 aliphatic heterocycles. The number of anilines is 3. The Kier molecular flexibility index (Phi) is 4.12. The molecule has 0 saturated carbocycles. The minimum absolute atomic E-state index is 0.00231. The molecule has 108 valence electrons. The van der Waals surface area contributed by atoms with Gasteiger partial charge in [0, 0.05) is 12.1 Å². The molecular formula is C14H19N3O3. The molecule has 1 amide bonds. The number of nitrogens with one attached hydrogen (secondary N) is 2. The molecule has 1 aromatic rings. The van der Waals surface area contributed by atoms with Gasteiger partial charge in [-0.15, -0.1) is 0 Å². The third kappa shape index (κ3) is 3.01. The molecule has 20 heavy (non-hydrogen) atoms. The Morgan fingerprint density at radius 3 is 2.95 bits per heavy atom. The number of benzene rings is 1. The van der Waals surface area contributed by atoms with Crippen molar-refractivity contribution in [2.75, 3.05) is 23.0 Å². The fourth-order valence-corrected chi connectivity index (χ4v) is 2.13. The summed E-state index contributed by atoms with van der Waals surface area (Å²) in [5.74, 6) is -0.324. The summed E-state index contributed by atoms with van der Waals surface area (Å²) in [6.45, 7) is 3.83. The number of hydrogen-bond donors (Lipinski definition) is 3. The Morgan fingerprint density at radius 2 is 2.25 bits per heavy atom. The van der Waals surface area contributed by atoms with Crippen LogP contribution in [-0.4, -0.2) is 24.5 Å². The van der Waals surface area contributed by atoms with Crippen molar-refractivity contribution in [1.82, 2.24) is 0 Å². The molecule has 4 N–H and O–H groups in total. The Morgan fingerprint density at radius 1 is 1.50 bits per heavy atom. The number of aryl methyl sites for hydroxylation is 1. The number of fused-ring (bicyclic) bond motifs is 1. The van der Waals surface area contributed by atoms with E-state index >= 15 is 0 Å². The van der Waals surface area contributed by atoms with Crippen LogP contribution >= 0.6 is 0 Å². The first-order chi connectivity index (χ1) is 9.51. The predicted octanol–water partition coefficient (Wildman–Crippen LogP) is 1.52. The first-order valence-corrected chi connectivity index (χ1v) is 6.66. The largest absolute Gasteiger partial charge is 0.464 e. The Labute approximate surface area is 117 Å². The quantitative estimate of drug-likeness (QED) is 0.573. The van der Waals surface area contributed by atoms with E-state index in [1.165, 1.54) is 0 Å². The zero-order valence-electron chi connectivity index (χ0n) is 11.7. The lowest BCUT2D eigenvalue weighted by Gasteiger charge is -2.21. The average Bonchev–Trinajstić information content (AvgIpc) is 2.40. The zero-order chi connectivity index (χ0) is 14.7. The third-order valence-electron chi connectivity index (χ3n) is 3.18. The summed E-state index contributed by atoms with van der Waals surface area (Å²) in [4.78, 5) is 22.9. The molecule has 0 fully saturated rings. The number of nitrogen functional groups attached to an aromatic ring is 1. The van der Waals surface area contributed by atoms with Crippen LogP contribution in [0, 0.1) is 0 Å². The summed E-state index contributed by atoms with van der Waals surface area (Å²) >= 11 is 0.